The van der Waals surface area contributed by atoms with Crippen molar-refractivity contribution in [1.82, 2.24) is 10.2 Å². The van der Waals surface area contributed by atoms with Crippen molar-refractivity contribution < 1.29 is 4.74 Å². The van der Waals surface area contributed by atoms with Crippen molar-refractivity contribution in [2.75, 3.05) is 32.8 Å². The van der Waals surface area contributed by atoms with Gasteiger partial charge in [-0.05, 0) is 31.0 Å². The first kappa shape index (κ1) is 16.8. The number of hydrogen-bond acceptors (Lipinski definition) is 3. The van der Waals surface area contributed by atoms with Gasteiger partial charge in [0.15, 0.2) is 0 Å². The first-order chi connectivity index (χ1) is 10.3. The maximum atomic E-state index is 6.36. The Bertz CT molecular complexity index is 427. The standard InChI is InChI=1S/C17H27ClN2O/c1-3-14-13-21-12-11-20(14)10-9-17(19-4-2)15-7-5-6-8-16(15)18/h5-8,14,17,19H,3-4,9-13H2,1-2H3. The highest BCUT2D eigenvalue weighted by molar-refractivity contribution is 6.31. The zero-order valence-corrected chi connectivity index (χ0v) is 13.9. The number of morpholine rings is 1. The SMILES string of the molecule is CCNC(CCN1CCOCC1CC)c1ccccc1Cl. The fourth-order valence-corrected chi connectivity index (χ4v) is 3.29. The number of hydrogen-bond donors (Lipinski definition) is 1. The van der Waals surface area contributed by atoms with Gasteiger partial charge in [-0.25, -0.2) is 0 Å². The molecule has 1 saturated heterocycles. The van der Waals surface area contributed by atoms with Crippen LogP contribution in [0.15, 0.2) is 24.3 Å². The van der Waals surface area contributed by atoms with E-state index < -0.39 is 0 Å². The highest BCUT2D eigenvalue weighted by Gasteiger charge is 2.22. The summed E-state index contributed by atoms with van der Waals surface area (Å²) in [4.78, 5) is 2.56. The van der Waals surface area contributed by atoms with Crippen LogP contribution in [0.25, 0.3) is 0 Å². The molecule has 1 aromatic carbocycles. The van der Waals surface area contributed by atoms with E-state index in [9.17, 15) is 0 Å². The largest absolute Gasteiger partial charge is 0.378 e. The Morgan fingerprint density at radius 1 is 1.38 bits per heavy atom. The van der Waals surface area contributed by atoms with Crippen LogP contribution in [0.3, 0.4) is 0 Å². The van der Waals surface area contributed by atoms with Gasteiger partial charge in [-0.3, -0.25) is 4.90 Å². The predicted octanol–water partition coefficient (Wildman–Crippen LogP) is 3.49. The molecule has 2 atom stereocenters. The highest BCUT2D eigenvalue weighted by atomic mass is 35.5. The maximum Gasteiger partial charge on any atom is 0.0622 e. The summed E-state index contributed by atoms with van der Waals surface area (Å²) in [6.45, 7) is 9.19. The van der Waals surface area contributed by atoms with Gasteiger partial charge in [0.2, 0.25) is 0 Å². The monoisotopic (exact) mass is 310 g/mol. The lowest BCUT2D eigenvalue weighted by molar-refractivity contribution is -0.0100. The minimum absolute atomic E-state index is 0.323. The van der Waals surface area contributed by atoms with Crippen LogP contribution in [0.5, 0.6) is 0 Å². The van der Waals surface area contributed by atoms with E-state index in [4.69, 9.17) is 16.3 Å². The predicted molar refractivity (Wildman–Crippen MR) is 89.0 cm³/mol. The minimum atomic E-state index is 0.323. The van der Waals surface area contributed by atoms with Crippen LogP contribution in [0.2, 0.25) is 5.02 Å². The van der Waals surface area contributed by atoms with Gasteiger partial charge in [0.25, 0.3) is 0 Å². The maximum absolute atomic E-state index is 6.36. The van der Waals surface area contributed by atoms with Crippen LogP contribution in [0, 0.1) is 0 Å². The molecule has 0 aromatic heterocycles. The molecule has 3 nitrogen and oxygen atoms in total. The number of nitrogens with one attached hydrogen (secondary N) is 1. The third-order valence-corrected chi connectivity index (χ3v) is 4.60. The minimum Gasteiger partial charge on any atom is -0.378 e. The molecule has 0 radical (unpaired) electrons. The fraction of sp³-hybridized carbons (Fsp3) is 0.647. The van der Waals surface area contributed by atoms with Crippen molar-refractivity contribution in [1.29, 1.82) is 0 Å². The van der Waals surface area contributed by atoms with E-state index in [1.807, 2.05) is 12.1 Å². The molecule has 0 bridgehead atoms. The van der Waals surface area contributed by atoms with Gasteiger partial charge in [-0.2, -0.15) is 0 Å². The van der Waals surface area contributed by atoms with Gasteiger partial charge in [0.05, 0.1) is 13.2 Å². The van der Waals surface area contributed by atoms with Crippen LogP contribution < -0.4 is 5.32 Å². The van der Waals surface area contributed by atoms with E-state index in [-0.39, 0.29) is 0 Å². The van der Waals surface area contributed by atoms with Gasteiger partial charge in [-0.1, -0.05) is 43.6 Å². The average molecular weight is 311 g/mol. The summed E-state index contributed by atoms with van der Waals surface area (Å²) in [5.74, 6) is 0. The topological polar surface area (TPSA) is 24.5 Å². The summed E-state index contributed by atoms with van der Waals surface area (Å²) in [7, 11) is 0. The molecule has 1 aliphatic heterocycles. The van der Waals surface area contributed by atoms with E-state index in [2.05, 4.69) is 36.2 Å². The Morgan fingerprint density at radius 2 is 2.19 bits per heavy atom. The summed E-state index contributed by atoms with van der Waals surface area (Å²) in [5, 5.41) is 4.43. The third-order valence-electron chi connectivity index (χ3n) is 4.26. The molecular formula is C17H27ClN2O. The van der Waals surface area contributed by atoms with Crippen LogP contribution in [-0.2, 0) is 4.74 Å². The number of ether oxygens (including phenoxy) is 1. The second kappa shape index (κ2) is 8.74. The Labute approximate surface area is 133 Å². The molecule has 21 heavy (non-hydrogen) atoms. The molecule has 2 rings (SSSR count). The molecule has 1 N–H and O–H groups in total. The van der Waals surface area contributed by atoms with Crippen LogP contribution in [0.4, 0.5) is 0 Å². The second-order valence-electron chi connectivity index (χ2n) is 5.59. The summed E-state index contributed by atoms with van der Waals surface area (Å²) < 4.78 is 5.58. The van der Waals surface area contributed by atoms with Crippen LogP contribution >= 0.6 is 11.6 Å². The number of halogens is 1. The first-order valence-electron chi connectivity index (χ1n) is 8.05. The molecule has 2 unspecified atom stereocenters. The molecule has 0 spiro atoms. The Balaban J connectivity index is 1.98. The van der Waals surface area contributed by atoms with Crippen LogP contribution in [0.1, 0.15) is 38.3 Å². The number of rotatable bonds is 7. The van der Waals surface area contributed by atoms with E-state index in [1.54, 1.807) is 0 Å². The lowest BCUT2D eigenvalue weighted by Crippen LogP contribution is -2.46. The lowest BCUT2D eigenvalue weighted by atomic mass is 10.0. The van der Waals surface area contributed by atoms with Gasteiger partial charge >= 0.3 is 0 Å². The smallest absolute Gasteiger partial charge is 0.0622 e. The summed E-state index contributed by atoms with van der Waals surface area (Å²) in [6.07, 6.45) is 2.23. The molecular weight excluding hydrogens is 284 g/mol. The van der Waals surface area contributed by atoms with Gasteiger partial charge < -0.3 is 10.1 Å². The van der Waals surface area contributed by atoms with Gasteiger partial charge in [0, 0.05) is 30.2 Å². The average Bonchev–Trinajstić information content (AvgIpc) is 2.52. The summed E-state index contributed by atoms with van der Waals surface area (Å²) >= 11 is 6.36. The van der Waals surface area contributed by atoms with E-state index in [1.165, 1.54) is 5.56 Å². The molecule has 0 saturated carbocycles. The Morgan fingerprint density at radius 3 is 2.90 bits per heavy atom. The number of benzene rings is 1. The summed E-state index contributed by atoms with van der Waals surface area (Å²) in [5.41, 5.74) is 1.21. The second-order valence-corrected chi connectivity index (χ2v) is 6.00. The third kappa shape index (κ3) is 4.68. The molecule has 0 aliphatic carbocycles. The zero-order chi connectivity index (χ0) is 15.1. The quantitative estimate of drug-likeness (QED) is 0.834. The van der Waals surface area contributed by atoms with Gasteiger partial charge in [0.1, 0.15) is 0 Å². The van der Waals surface area contributed by atoms with Crippen molar-refractivity contribution >= 4 is 11.6 Å². The first-order valence-corrected chi connectivity index (χ1v) is 8.43. The van der Waals surface area contributed by atoms with E-state index in [0.717, 1.165) is 50.7 Å². The van der Waals surface area contributed by atoms with Crippen molar-refractivity contribution in [3.05, 3.63) is 34.9 Å². The van der Waals surface area contributed by atoms with Crippen molar-refractivity contribution in [2.45, 2.75) is 38.8 Å². The molecule has 0 amide bonds. The zero-order valence-electron chi connectivity index (χ0n) is 13.1. The van der Waals surface area contributed by atoms with E-state index in [0.29, 0.717) is 12.1 Å². The molecule has 4 heteroatoms. The Kier molecular flexibility index (Phi) is 6.97. The molecule has 118 valence electrons. The van der Waals surface area contributed by atoms with Crippen molar-refractivity contribution in [3.8, 4) is 0 Å². The van der Waals surface area contributed by atoms with Crippen molar-refractivity contribution in [2.24, 2.45) is 0 Å². The van der Waals surface area contributed by atoms with E-state index >= 15 is 0 Å². The molecule has 1 heterocycles. The Hall–Kier alpha value is -0.610. The highest BCUT2D eigenvalue weighted by Crippen LogP contribution is 2.25. The van der Waals surface area contributed by atoms with Crippen LogP contribution in [-0.4, -0.2) is 43.8 Å². The fourth-order valence-electron chi connectivity index (χ4n) is 3.03. The molecule has 1 aliphatic rings. The molecule has 1 aromatic rings. The van der Waals surface area contributed by atoms with Gasteiger partial charge in [-0.15, -0.1) is 0 Å². The lowest BCUT2D eigenvalue weighted by Gasteiger charge is -2.36. The summed E-state index contributed by atoms with van der Waals surface area (Å²) in [6, 6.07) is 9.05. The number of nitrogens with zero attached hydrogens (tertiary/aromatic N) is 1. The van der Waals surface area contributed by atoms with Crippen molar-refractivity contribution in [3.63, 3.8) is 0 Å². The molecule has 1 fully saturated rings. The normalized spacial score (nSPS) is 21.4.